The van der Waals surface area contributed by atoms with E-state index in [-0.39, 0.29) is 5.75 Å². The number of phenols is 1. The van der Waals surface area contributed by atoms with Gasteiger partial charge < -0.3 is 9.84 Å². The van der Waals surface area contributed by atoms with Crippen LogP contribution >= 0.6 is 0 Å². The molecule has 0 heterocycles. The standard InChI is InChI=1S/C15H12O2/c16-14-9-4-10-15(12-14)17-11-5-8-13-6-2-1-3-7-13/h1-4,6-7,9-10,12,16H,11H2. The molecule has 0 aliphatic rings. The van der Waals surface area contributed by atoms with E-state index in [4.69, 9.17) is 4.74 Å². The predicted molar refractivity (Wildman–Crippen MR) is 66.9 cm³/mol. The highest BCUT2D eigenvalue weighted by molar-refractivity contribution is 5.35. The maximum Gasteiger partial charge on any atom is 0.149 e. The topological polar surface area (TPSA) is 29.5 Å². The van der Waals surface area contributed by atoms with E-state index in [2.05, 4.69) is 11.8 Å². The minimum Gasteiger partial charge on any atom is -0.508 e. The lowest BCUT2D eigenvalue weighted by Crippen LogP contribution is -1.93. The average Bonchev–Trinajstić information content (AvgIpc) is 2.36. The van der Waals surface area contributed by atoms with Crippen LogP contribution in [0.3, 0.4) is 0 Å². The zero-order chi connectivity index (χ0) is 11.9. The van der Waals surface area contributed by atoms with Crippen LogP contribution in [0.15, 0.2) is 54.6 Å². The van der Waals surface area contributed by atoms with Gasteiger partial charge in [-0.2, -0.15) is 0 Å². The summed E-state index contributed by atoms with van der Waals surface area (Å²) in [6.07, 6.45) is 0. The molecule has 0 radical (unpaired) electrons. The number of rotatable bonds is 2. The molecule has 0 atom stereocenters. The molecule has 2 rings (SSSR count). The van der Waals surface area contributed by atoms with Gasteiger partial charge in [0.1, 0.15) is 18.1 Å². The highest BCUT2D eigenvalue weighted by Crippen LogP contribution is 2.17. The summed E-state index contributed by atoms with van der Waals surface area (Å²) in [6, 6.07) is 16.4. The van der Waals surface area contributed by atoms with E-state index in [0.717, 1.165) is 5.56 Å². The SMILES string of the molecule is Oc1cccc(OCC#Cc2ccccc2)c1. The van der Waals surface area contributed by atoms with E-state index >= 15 is 0 Å². The fourth-order valence-corrected chi connectivity index (χ4v) is 1.35. The van der Waals surface area contributed by atoms with E-state index in [0.29, 0.717) is 12.4 Å². The van der Waals surface area contributed by atoms with Crippen molar-refractivity contribution in [3.63, 3.8) is 0 Å². The Bertz CT molecular complexity index is 536. The van der Waals surface area contributed by atoms with Crippen LogP contribution in [-0.2, 0) is 0 Å². The summed E-state index contributed by atoms with van der Waals surface area (Å²) in [4.78, 5) is 0. The van der Waals surface area contributed by atoms with Crippen LogP contribution in [-0.4, -0.2) is 11.7 Å². The summed E-state index contributed by atoms with van der Waals surface area (Å²) >= 11 is 0. The molecule has 1 N–H and O–H groups in total. The third-order valence-electron chi connectivity index (χ3n) is 2.14. The van der Waals surface area contributed by atoms with Gasteiger partial charge in [-0.25, -0.2) is 0 Å². The van der Waals surface area contributed by atoms with Crippen molar-refractivity contribution in [2.24, 2.45) is 0 Å². The quantitative estimate of drug-likeness (QED) is 0.795. The molecule has 84 valence electrons. The summed E-state index contributed by atoms with van der Waals surface area (Å²) in [5, 5.41) is 9.23. The first kappa shape index (κ1) is 11.1. The zero-order valence-electron chi connectivity index (χ0n) is 9.26. The van der Waals surface area contributed by atoms with Gasteiger partial charge in [0.2, 0.25) is 0 Å². The summed E-state index contributed by atoms with van der Waals surface area (Å²) in [5.74, 6) is 6.72. The molecule has 0 bridgehead atoms. The fourth-order valence-electron chi connectivity index (χ4n) is 1.35. The molecule has 2 aromatic rings. The van der Waals surface area contributed by atoms with Crippen LogP contribution in [0.5, 0.6) is 11.5 Å². The van der Waals surface area contributed by atoms with Crippen LogP contribution in [0.4, 0.5) is 0 Å². The summed E-state index contributed by atoms with van der Waals surface area (Å²) in [5.41, 5.74) is 0.965. The Hall–Kier alpha value is -2.40. The lowest BCUT2D eigenvalue weighted by atomic mass is 10.2. The van der Waals surface area contributed by atoms with E-state index in [1.807, 2.05) is 30.3 Å². The normalized spacial score (nSPS) is 9.18. The van der Waals surface area contributed by atoms with E-state index < -0.39 is 0 Å². The molecule has 0 saturated heterocycles. The Morgan fingerprint density at radius 3 is 2.59 bits per heavy atom. The molecule has 2 nitrogen and oxygen atoms in total. The molecule has 17 heavy (non-hydrogen) atoms. The Kier molecular flexibility index (Phi) is 3.67. The van der Waals surface area contributed by atoms with Crippen LogP contribution in [0.1, 0.15) is 5.56 Å². The lowest BCUT2D eigenvalue weighted by Gasteiger charge is -2.01. The first-order valence-corrected chi connectivity index (χ1v) is 5.30. The molecule has 0 aromatic heterocycles. The lowest BCUT2D eigenvalue weighted by molar-refractivity contribution is 0.366. The number of hydrogen-bond acceptors (Lipinski definition) is 2. The van der Waals surface area contributed by atoms with Crippen LogP contribution < -0.4 is 4.74 Å². The third-order valence-corrected chi connectivity index (χ3v) is 2.14. The van der Waals surface area contributed by atoms with Crippen molar-refractivity contribution in [1.29, 1.82) is 0 Å². The third kappa shape index (κ3) is 3.58. The van der Waals surface area contributed by atoms with Crippen molar-refractivity contribution in [2.75, 3.05) is 6.61 Å². The second kappa shape index (κ2) is 5.62. The molecule has 0 amide bonds. The maximum absolute atomic E-state index is 9.23. The molecule has 0 spiro atoms. The number of aromatic hydroxyl groups is 1. The van der Waals surface area contributed by atoms with Gasteiger partial charge in [-0.1, -0.05) is 36.1 Å². The van der Waals surface area contributed by atoms with E-state index in [1.54, 1.807) is 24.3 Å². The summed E-state index contributed by atoms with van der Waals surface area (Å²) in [6.45, 7) is 0.304. The molecule has 0 aliphatic carbocycles. The van der Waals surface area contributed by atoms with E-state index in [9.17, 15) is 5.11 Å². The van der Waals surface area contributed by atoms with Crippen LogP contribution in [0.25, 0.3) is 0 Å². The van der Waals surface area contributed by atoms with Crippen molar-refractivity contribution in [3.8, 4) is 23.3 Å². The molecular weight excluding hydrogens is 212 g/mol. The average molecular weight is 224 g/mol. The highest BCUT2D eigenvalue weighted by atomic mass is 16.5. The first-order valence-electron chi connectivity index (χ1n) is 5.30. The van der Waals surface area contributed by atoms with Crippen molar-refractivity contribution in [2.45, 2.75) is 0 Å². The Balaban J connectivity index is 1.90. The second-order valence-electron chi connectivity index (χ2n) is 3.45. The minimum absolute atomic E-state index is 0.193. The van der Waals surface area contributed by atoms with Crippen molar-refractivity contribution in [1.82, 2.24) is 0 Å². The van der Waals surface area contributed by atoms with Gasteiger partial charge in [-0.15, -0.1) is 0 Å². The van der Waals surface area contributed by atoms with Gasteiger partial charge in [0, 0.05) is 11.6 Å². The Morgan fingerprint density at radius 2 is 1.82 bits per heavy atom. The maximum atomic E-state index is 9.23. The summed E-state index contributed by atoms with van der Waals surface area (Å²) in [7, 11) is 0. The number of phenolic OH excluding ortho intramolecular Hbond substituents is 1. The number of benzene rings is 2. The zero-order valence-corrected chi connectivity index (χ0v) is 9.26. The number of hydrogen-bond donors (Lipinski definition) is 1. The van der Waals surface area contributed by atoms with Crippen LogP contribution in [0, 0.1) is 11.8 Å². The molecule has 2 aromatic carbocycles. The Labute approximate surface area is 100 Å². The highest BCUT2D eigenvalue weighted by Gasteiger charge is 1.92. The molecule has 0 unspecified atom stereocenters. The molecular formula is C15H12O2. The monoisotopic (exact) mass is 224 g/mol. The first-order chi connectivity index (χ1) is 8.34. The van der Waals surface area contributed by atoms with Crippen molar-refractivity contribution >= 4 is 0 Å². The van der Waals surface area contributed by atoms with Gasteiger partial charge >= 0.3 is 0 Å². The predicted octanol–water partition coefficient (Wildman–Crippen LogP) is 2.82. The van der Waals surface area contributed by atoms with Crippen molar-refractivity contribution < 1.29 is 9.84 Å². The molecule has 0 fully saturated rings. The van der Waals surface area contributed by atoms with Crippen molar-refractivity contribution in [3.05, 3.63) is 60.2 Å². The summed E-state index contributed by atoms with van der Waals surface area (Å²) < 4.78 is 5.37. The minimum atomic E-state index is 0.193. The molecule has 0 aliphatic heterocycles. The smallest absolute Gasteiger partial charge is 0.149 e. The van der Waals surface area contributed by atoms with Gasteiger partial charge in [-0.05, 0) is 24.3 Å². The number of ether oxygens (including phenoxy) is 1. The van der Waals surface area contributed by atoms with Gasteiger partial charge in [0.05, 0.1) is 0 Å². The molecule has 2 heteroatoms. The Morgan fingerprint density at radius 1 is 1.00 bits per heavy atom. The molecule has 0 saturated carbocycles. The fraction of sp³-hybridized carbons (Fsp3) is 0.0667. The van der Waals surface area contributed by atoms with Gasteiger partial charge in [0.15, 0.2) is 0 Å². The van der Waals surface area contributed by atoms with Gasteiger partial charge in [-0.3, -0.25) is 0 Å². The second-order valence-corrected chi connectivity index (χ2v) is 3.45. The van der Waals surface area contributed by atoms with E-state index in [1.165, 1.54) is 0 Å². The largest absolute Gasteiger partial charge is 0.508 e. The van der Waals surface area contributed by atoms with Gasteiger partial charge in [0.25, 0.3) is 0 Å². The van der Waals surface area contributed by atoms with Crippen LogP contribution in [0.2, 0.25) is 0 Å².